The maximum Gasteiger partial charge on any atom is 0.430 e. The lowest BCUT2D eigenvalue weighted by molar-refractivity contribution is -0.266. The van der Waals surface area contributed by atoms with E-state index in [1.807, 2.05) is 4.98 Å². The van der Waals surface area contributed by atoms with E-state index in [9.17, 15) is 51.8 Å². The first-order chi connectivity index (χ1) is 30.0. The zero-order valence-corrected chi connectivity index (χ0v) is 34.2. The molecule has 0 fully saturated rings. The maximum absolute atomic E-state index is 14.9. The molecule has 63 heavy (non-hydrogen) atoms. The summed E-state index contributed by atoms with van der Waals surface area (Å²) in [5, 5.41) is 16.7. The second-order valence-corrected chi connectivity index (χ2v) is 13.9. The van der Waals surface area contributed by atoms with Gasteiger partial charge in [-0.2, -0.15) is 13.2 Å². The molecule has 0 bridgehead atoms. The van der Waals surface area contributed by atoms with Gasteiger partial charge >= 0.3 is 30.0 Å². The van der Waals surface area contributed by atoms with Crippen molar-refractivity contribution in [2.75, 3.05) is 26.7 Å². The molecule has 4 aromatic rings. The number of unbranched alkanes of at least 4 members (excludes halogenated alkanes) is 1. The number of aryl methyl sites for hydroxylation is 1. The van der Waals surface area contributed by atoms with Gasteiger partial charge in [0.25, 0.3) is 17.1 Å². The number of carbonyl (C=O) groups excluding carboxylic acids is 4. The van der Waals surface area contributed by atoms with Crippen LogP contribution >= 0.6 is 0 Å². The van der Waals surface area contributed by atoms with Crippen LogP contribution in [-0.2, 0) is 54.0 Å². The second kappa shape index (κ2) is 23.1. The number of methoxy groups -OCH3 is 1. The first kappa shape index (κ1) is 48.4. The molecule has 21 heteroatoms. The molecule has 0 aliphatic heterocycles. The lowest BCUT2D eigenvalue weighted by Gasteiger charge is -2.35. The van der Waals surface area contributed by atoms with Crippen LogP contribution in [-0.4, -0.2) is 94.4 Å². The number of nitrogens with zero attached hydrogens (tertiary/aromatic N) is 3. The number of alkyl halides is 3. The van der Waals surface area contributed by atoms with Crippen LogP contribution in [0.25, 0.3) is 0 Å². The van der Waals surface area contributed by atoms with Crippen molar-refractivity contribution in [2.45, 2.75) is 63.8 Å². The number of carboxylic acid groups (broad SMARTS) is 1. The molecule has 1 aromatic heterocycles. The van der Waals surface area contributed by atoms with E-state index in [1.165, 1.54) is 25.1 Å². The summed E-state index contributed by atoms with van der Waals surface area (Å²) in [7, 11) is 0.700. The highest BCUT2D eigenvalue weighted by atomic mass is 19.4. The zero-order chi connectivity index (χ0) is 46.0. The molecule has 5 N–H and O–H groups in total. The fraction of sp³-hybridized carbons (Fsp3) is 0.333. The van der Waals surface area contributed by atoms with Crippen LogP contribution < -0.4 is 27.2 Å². The van der Waals surface area contributed by atoms with Crippen LogP contribution in [0, 0.1) is 6.92 Å². The molecule has 0 radical (unpaired) electrons. The standard InChI is InChI=1S/C42H46F3N7O11/c1-28-22-52(38(58)48-35(28)56)24-33(53)51(25-34(54)55)23-32(47-36(57)41(61-2,42(43,44)45)31-18-10-5-11-19-31)20-12-13-21-46-37(49-39(59)62-26-29-14-6-3-7-15-29)50-40(60)63-27-30-16-8-4-9-17-30/h3-11,14-19,22,32H,12-13,20-21,23-27H2,1-2H3,(H,47,57)(H,54,55)(H,48,56,58)(H2,46,49,50,59,60)/t32-,41+/m0/s1. The van der Waals surface area contributed by atoms with Gasteiger partial charge in [0.2, 0.25) is 11.9 Å². The van der Waals surface area contributed by atoms with Crippen LogP contribution in [0.15, 0.2) is 112 Å². The number of nitrogens with one attached hydrogen (secondary N) is 4. The maximum atomic E-state index is 14.9. The molecule has 3 aromatic carbocycles. The Morgan fingerprint density at radius 1 is 0.841 bits per heavy atom. The summed E-state index contributed by atoms with van der Waals surface area (Å²) in [6.45, 7) is -1.40. The summed E-state index contributed by atoms with van der Waals surface area (Å²) >= 11 is 0. The van der Waals surface area contributed by atoms with Crippen molar-refractivity contribution < 1.29 is 56.5 Å². The number of aliphatic imine (C=N–C) groups is 1. The van der Waals surface area contributed by atoms with Gasteiger partial charge in [0.1, 0.15) is 26.3 Å². The largest absolute Gasteiger partial charge is 0.480 e. The van der Waals surface area contributed by atoms with Crippen molar-refractivity contribution in [2.24, 2.45) is 4.99 Å². The summed E-state index contributed by atoms with van der Waals surface area (Å²) in [5.74, 6) is -4.53. The van der Waals surface area contributed by atoms with Gasteiger partial charge < -0.3 is 29.5 Å². The number of ether oxygens (including phenoxy) is 3. The summed E-state index contributed by atoms with van der Waals surface area (Å²) in [6.07, 6.45) is -6.20. The Hall–Kier alpha value is -7.29. The number of hydrogen-bond donors (Lipinski definition) is 5. The van der Waals surface area contributed by atoms with Gasteiger partial charge in [-0.25, -0.2) is 14.4 Å². The molecule has 0 unspecified atom stereocenters. The first-order valence-corrected chi connectivity index (χ1v) is 19.3. The summed E-state index contributed by atoms with van der Waals surface area (Å²) < 4.78 is 60.8. The highest BCUT2D eigenvalue weighted by Crippen LogP contribution is 2.42. The van der Waals surface area contributed by atoms with Crippen LogP contribution in [0.3, 0.4) is 0 Å². The van der Waals surface area contributed by atoms with Gasteiger partial charge in [-0.3, -0.25) is 44.4 Å². The topological polar surface area (TPSA) is 240 Å². The van der Waals surface area contributed by atoms with E-state index in [4.69, 9.17) is 14.2 Å². The molecule has 336 valence electrons. The molecule has 0 spiro atoms. The minimum atomic E-state index is -5.31. The Morgan fingerprint density at radius 3 is 1.89 bits per heavy atom. The molecule has 18 nitrogen and oxygen atoms in total. The minimum absolute atomic E-state index is 0.0592. The number of rotatable bonds is 19. The highest BCUT2D eigenvalue weighted by molar-refractivity contribution is 6.01. The number of aliphatic carboxylic acids is 1. The monoisotopic (exact) mass is 881 g/mol. The molecular weight excluding hydrogens is 835 g/mol. The van der Waals surface area contributed by atoms with Gasteiger partial charge in [-0.1, -0.05) is 91.0 Å². The van der Waals surface area contributed by atoms with Crippen molar-refractivity contribution in [3.8, 4) is 0 Å². The number of aromatic nitrogens is 2. The smallest absolute Gasteiger partial charge is 0.430 e. The Labute approximate surface area is 358 Å². The molecule has 0 aliphatic carbocycles. The molecule has 2 atom stereocenters. The number of guanidine groups is 1. The third kappa shape index (κ3) is 14.4. The van der Waals surface area contributed by atoms with Gasteiger partial charge in [0, 0.05) is 43.6 Å². The number of carbonyl (C=O) groups is 5. The number of halogens is 3. The van der Waals surface area contributed by atoms with E-state index in [0.29, 0.717) is 18.2 Å². The quantitative estimate of drug-likeness (QED) is 0.0517. The Kier molecular flexibility index (Phi) is 17.7. The predicted octanol–water partition coefficient (Wildman–Crippen LogP) is 3.73. The Morgan fingerprint density at radius 2 is 1.38 bits per heavy atom. The van der Waals surface area contributed by atoms with Crippen molar-refractivity contribution in [1.29, 1.82) is 0 Å². The molecule has 4 amide bonds. The number of amides is 4. The second-order valence-electron chi connectivity index (χ2n) is 13.9. The predicted molar refractivity (Wildman–Crippen MR) is 219 cm³/mol. The fourth-order valence-corrected chi connectivity index (χ4v) is 6.10. The number of aromatic amines is 1. The van der Waals surface area contributed by atoms with Crippen molar-refractivity contribution in [3.63, 3.8) is 0 Å². The third-order valence-electron chi connectivity index (χ3n) is 9.25. The highest BCUT2D eigenvalue weighted by Gasteiger charge is 2.62. The van der Waals surface area contributed by atoms with Crippen LogP contribution in [0.1, 0.15) is 41.5 Å². The normalized spacial score (nSPS) is 12.5. The summed E-state index contributed by atoms with van der Waals surface area (Å²) in [5.41, 5.74) is -4.38. The summed E-state index contributed by atoms with van der Waals surface area (Å²) in [4.78, 5) is 96.0. The number of benzene rings is 3. The lowest BCUT2D eigenvalue weighted by atomic mass is 9.91. The van der Waals surface area contributed by atoms with Crippen molar-refractivity contribution in [1.82, 2.24) is 30.4 Å². The van der Waals surface area contributed by atoms with Gasteiger partial charge in [0.05, 0.1) is 0 Å². The molecular formula is C42H46F3N7O11. The van der Waals surface area contributed by atoms with Crippen LogP contribution in [0.2, 0.25) is 0 Å². The van der Waals surface area contributed by atoms with E-state index in [0.717, 1.165) is 27.8 Å². The van der Waals surface area contributed by atoms with E-state index < -0.39 is 84.2 Å². The number of H-pyrrole nitrogens is 1. The van der Waals surface area contributed by atoms with Crippen molar-refractivity contribution in [3.05, 3.63) is 140 Å². The average Bonchev–Trinajstić information content (AvgIpc) is 3.24. The molecule has 0 aliphatic rings. The Bertz CT molecular complexity index is 2270. The number of hydrogen-bond acceptors (Lipinski definition) is 11. The molecule has 0 saturated carbocycles. The SMILES string of the molecule is CO[C@@](C(=O)N[C@@H](CCCCN=C(NC(=O)OCc1ccccc1)NC(=O)OCc1ccccc1)CN(CC(=O)O)C(=O)Cn1cc(C)c(=O)[nH]c1=O)(c1ccccc1)C(F)(F)F. The van der Waals surface area contributed by atoms with Crippen LogP contribution in [0.5, 0.6) is 0 Å². The third-order valence-corrected chi connectivity index (χ3v) is 9.25. The average molecular weight is 882 g/mol. The summed E-state index contributed by atoms with van der Waals surface area (Å²) in [6, 6.07) is 22.2. The molecule has 4 rings (SSSR count). The zero-order valence-electron chi connectivity index (χ0n) is 34.2. The lowest BCUT2D eigenvalue weighted by Crippen LogP contribution is -2.59. The van der Waals surface area contributed by atoms with Gasteiger partial charge in [-0.05, 0) is 37.3 Å². The fourth-order valence-electron chi connectivity index (χ4n) is 6.10. The molecule has 1 heterocycles. The van der Waals surface area contributed by atoms with Gasteiger partial charge in [0.15, 0.2) is 0 Å². The van der Waals surface area contributed by atoms with E-state index in [2.05, 4.69) is 20.9 Å². The van der Waals surface area contributed by atoms with Crippen LogP contribution in [0.4, 0.5) is 22.8 Å². The van der Waals surface area contributed by atoms with Gasteiger partial charge in [-0.15, -0.1) is 0 Å². The number of carboxylic acids is 1. The molecule has 0 saturated heterocycles. The van der Waals surface area contributed by atoms with E-state index in [1.54, 1.807) is 60.7 Å². The first-order valence-electron chi connectivity index (χ1n) is 19.3. The van der Waals surface area contributed by atoms with E-state index in [-0.39, 0.29) is 50.5 Å². The minimum Gasteiger partial charge on any atom is -0.480 e. The van der Waals surface area contributed by atoms with Crippen molar-refractivity contribution >= 4 is 35.9 Å². The Balaban J connectivity index is 1.56. The van der Waals surface area contributed by atoms with E-state index >= 15 is 0 Å². The number of alkyl carbamates (subject to hydrolysis) is 2.